The second-order valence-corrected chi connectivity index (χ2v) is 18.0. The van der Waals surface area contributed by atoms with Gasteiger partial charge >= 0.3 is 5.97 Å². The fourth-order valence-corrected chi connectivity index (χ4v) is 13.2. The zero-order chi connectivity index (χ0) is 30.3. The molecule has 6 aliphatic rings. The number of esters is 1. The van der Waals surface area contributed by atoms with Crippen LogP contribution in [0.15, 0.2) is 0 Å². The summed E-state index contributed by atoms with van der Waals surface area (Å²) in [6.45, 7) is 19.9. The van der Waals surface area contributed by atoms with Gasteiger partial charge in [-0.05, 0) is 115 Å². The first-order chi connectivity index (χ1) is 19.7. The zero-order valence-electron chi connectivity index (χ0n) is 28.3. The first-order valence-electron chi connectivity index (χ1n) is 17.5. The van der Waals surface area contributed by atoms with Crippen LogP contribution in [0.3, 0.4) is 0 Å². The SMILES string of the molecule is CC1(C)CC[C@]23CC[C@]4(C)[C@H](CC[C@@H]5[C@@]6(C)CC[C@H](OC(=O)C[NH+](CCO)CCO)C(C)(C)[C@@H]6CC[C@]54C)[C@H]2[C@H]1OC3.[Br-]. The lowest BCUT2D eigenvalue weighted by molar-refractivity contribution is -0.893. The highest BCUT2D eigenvalue weighted by Gasteiger charge is 2.73. The van der Waals surface area contributed by atoms with Crippen molar-refractivity contribution < 1.29 is 46.4 Å². The van der Waals surface area contributed by atoms with Crippen molar-refractivity contribution in [3.05, 3.63) is 0 Å². The molecule has 0 aromatic carbocycles. The molecule has 0 unspecified atom stereocenters. The van der Waals surface area contributed by atoms with Gasteiger partial charge in [0.1, 0.15) is 19.2 Å². The van der Waals surface area contributed by atoms with Crippen LogP contribution in [0.4, 0.5) is 0 Å². The van der Waals surface area contributed by atoms with Gasteiger partial charge in [0.05, 0.1) is 25.9 Å². The lowest BCUT2D eigenvalue weighted by atomic mass is 9.31. The molecule has 43 heavy (non-hydrogen) atoms. The smallest absolute Gasteiger partial charge is 0.362 e. The molecule has 6 fully saturated rings. The highest BCUT2D eigenvalue weighted by Crippen LogP contribution is 2.78. The highest BCUT2D eigenvalue weighted by molar-refractivity contribution is 5.70. The Morgan fingerprint density at radius 2 is 1.49 bits per heavy atom. The summed E-state index contributed by atoms with van der Waals surface area (Å²) < 4.78 is 13.0. The molecule has 6 rings (SSSR count). The topological polar surface area (TPSA) is 80.4 Å². The Labute approximate surface area is 272 Å². The summed E-state index contributed by atoms with van der Waals surface area (Å²) in [6.07, 6.45) is 13.0. The summed E-state index contributed by atoms with van der Waals surface area (Å²) in [7, 11) is 0. The third-order valence-electron chi connectivity index (χ3n) is 15.7. The molecule has 10 atom stereocenters. The normalized spacial score (nSPS) is 47.4. The van der Waals surface area contributed by atoms with Crippen LogP contribution in [-0.2, 0) is 14.3 Å². The second kappa shape index (κ2) is 11.5. The van der Waals surface area contributed by atoms with E-state index in [-0.39, 0.29) is 59.6 Å². The number of fused-ring (bicyclic) bond motifs is 5. The third kappa shape index (κ3) is 4.93. The Bertz CT molecular complexity index is 1040. The van der Waals surface area contributed by atoms with Gasteiger partial charge in [-0.25, -0.2) is 4.79 Å². The first-order valence-corrected chi connectivity index (χ1v) is 17.5. The van der Waals surface area contributed by atoms with E-state index < -0.39 is 0 Å². The van der Waals surface area contributed by atoms with Gasteiger partial charge in [-0.15, -0.1) is 0 Å². The summed E-state index contributed by atoms with van der Waals surface area (Å²) in [6, 6.07) is 0. The number of nitrogens with one attached hydrogen (secondary N) is 1. The zero-order valence-corrected chi connectivity index (χ0v) is 29.9. The van der Waals surface area contributed by atoms with Crippen molar-refractivity contribution >= 4 is 5.97 Å². The Morgan fingerprint density at radius 3 is 2.16 bits per heavy atom. The van der Waals surface area contributed by atoms with Crippen LogP contribution < -0.4 is 21.9 Å². The number of carbonyl (C=O) groups is 1. The molecule has 5 aliphatic carbocycles. The molecule has 248 valence electrons. The number of aliphatic hydroxyl groups is 2. The Morgan fingerprint density at radius 1 is 0.814 bits per heavy atom. The predicted molar refractivity (Wildman–Crippen MR) is 164 cm³/mol. The van der Waals surface area contributed by atoms with Gasteiger partial charge in [0, 0.05) is 5.41 Å². The Kier molecular flexibility index (Phi) is 9.12. The van der Waals surface area contributed by atoms with Crippen LogP contribution in [0.25, 0.3) is 0 Å². The van der Waals surface area contributed by atoms with Crippen LogP contribution in [-0.4, -0.2) is 67.8 Å². The number of hydrogen-bond acceptors (Lipinski definition) is 5. The molecule has 1 saturated heterocycles. The van der Waals surface area contributed by atoms with E-state index >= 15 is 0 Å². The molecule has 5 saturated carbocycles. The van der Waals surface area contributed by atoms with E-state index in [1.165, 1.54) is 51.4 Å². The molecule has 0 aromatic heterocycles. The van der Waals surface area contributed by atoms with Crippen molar-refractivity contribution in [2.75, 3.05) is 39.5 Å². The number of aliphatic hydroxyl groups excluding tert-OH is 2. The first kappa shape index (κ1) is 34.1. The van der Waals surface area contributed by atoms with Gasteiger partial charge in [-0.3, -0.25) is 0 Å². The number of rotatable bonds is 7. The quantitative estimate of drug-likeness (QED) is 0.360. The van der Waals surface area contributed by atoms with Crippen molar-refractivity contribution in [1.82, 2.24) is 0 Å². The molecule has 0 amide bonds. The monoisotopic (exact) mass is 667 g/mol. The second-order valence-electron chi connectivity index (χ2n) is 18.0. The van der Waals surface area contributed by atoms with Gasteiger partial charge in [0.2, 0.25) is 0 Å². The fourth-order valence-electron chi connectivity index (χ4n) is 13.2. The van der Waals surface area contributed by atoms with Crippen molar-refractivity contribution in [2.24, 2.45) is 56.2 Å². The highest BCUT2D eigenvalue weighted by atomic mass is 79.9. The van der Waals surface area contributed by atoms with Gasteiger partial charge < -0.3 is 41.6 Å². The Hall–Kier alpha value is -0.210. The van der Waals surface area contributed by atoms with Crippen molar-refractivity contribution in [2.45, 2.75) is 125 Å². The number of halogens is 1. The summed E-state index contributed by atoms with van der Waals surface area (Å²) in [4.78, 5) is 14.0. The van der Waals surface area contributed by atoms with Crippen LogP contribution in [0.5, 0.6) is 0 Å². The molecule has 1 aliphatic heterocycles. The average molecular weight is 669 g/mol. The van der Waals surface area contributed by atoms with Crippen LogP contribution in [0.1, 0.15) is 113 Å². The molecular weight excluding hydrogens is 606 g/mol. The van der Waals surface area contributed by atoms with Crippen molar-refractivity contribution in [3.63, 3.8) is 0 Å². The molecule has 6 nitrogen and oxygen atoms in total. The molecule has 0 radical (unpaired) electrons. The maximum absolute atomic E-state index is 13.1. The number of quaternary nitrogens is 1. The van der Waals surface area contributed by atoms with Crippen LogP contribution >= 0.6 is 0 Å². The fraction of sp³-hybridized carbons (Fsp3) is 0.972. The number of carbonyl (C=O) groups excluding carboxylic acids is 1. The van der Waals surface area contributed by atoms with E-state index in [2.05, 4.69) is 48.5 Å². The maximum atomic E-state index is 13.1. The molecule has 2 bridgehead atoms. The lowest BCUT2D eigenvalue weighted by Crippen LogP contribution is -3.14. The van der Waals surface area contributed by atoms with Gasteiger partial charge in [-0.1, -0.05) is 48.5 Å². The predicted octanol–water partition coefficient (Wildman–Crippen LogP) is 1.66. The third-order valence-corrected chi connectivity index (χ3v) is 15.7. The largest absolute Gasteiger partial charge is 1.00 e. The van der Waals surface area contributed by atoms with Gasteiger partial charge in [0.25, 0.3) is 0 Å². The number of hydrogen-bond donors (Lipinski definition) is 3. The van der Waals surface area contributed by atoms with E-state index in [9.17, 15) is 15.0 Å². The summed E-state index contributed by atoms with van der Waals surface area (Å²) in [5.41, 5.74) is 1.60. The maximum Gasteiger partial charge on any atom is 0.362 e. The van der Waals surface area contributed by atoms with E-state index in [1.807, 2.05) is 0 Å². The molecular formula is C36H62BrNO5. The number of ether oxygens (including phenoxy) is 2. The van der Waals surface area contributed by atoms with Crippen LogP contribution in [0, 0.1) is 56.2 Å². The minimum atomic E-state index is -0.189. The van der Waals surface area contributed by atoms with Gasteiger partial charge in [-0.2, -0.15) is 0 Å². The van der Waals surface area contributed by atoms with E-state index in [4.69, 9.17) is 9.47 Å². The van der Waals surface area contributed by atoms with Gasteiger partial charge in [0.15, 0.2) is 6.54 Å². The molecule has 0 spiro atoms. The standard InChI is InChI=1S/C36H61NO5.BrH/c1-31(2)14-16-36-17-15-34(6)24(29(36)30(31)41-23-36)8-9-26-33(5)12-11-27(32(3,4)25(33)10-13-35(26,34)7)42-28(40)22-37(18-20-38)19-21-39;/h24-27,29-30,38-39H,8-23H2,1-7H3;1H/t24-,25+,26-,27+,29+,30-,33+,34-,35-,36-;/m1./s1. The average Bonchev–Trinajstić information content (AvgIpc) is 3.25. The summed E-state index contributed by atoms with van der Waals surface area (Å²) >= 11 is 0. The van der Waals surface area contributed by atoms with E-state index in [0.717, 1.165) is 36.2 Å². The summed E-state index contributed by atoms with van der Waals surface area (Å²) in [5, 5.41) is 18.8. The van der Waals surface area contributed by atoms with Crippen molar-refractivity contribution in [1.29, 1.82) is 0 Å². The minimum absolute atomic E-state index is 0. The Balaban J connectivity index is 0.00000368. The molecule has 7 heteroatoms. The van der Waals surface area contributed by atoms with E-state index in [0.29, 0.717) is 52.7 Å². The summed E-state index contributed by atoms with van der Waals surface area (Å²) in [5.74, 6) is 2.56. The lowest BCUT2D eigenvalue weighted by Gasteiger charge is -2.73. The van der Waals surface area contributed by atoms with Crippen LogP contribution in [0.2, 0.25) is 0 Å². The molecule has 3 N–H and O–H groups in total. The van der Waals surface area contributed by atoms with Crippen molar-refractivity contribution in [3.8, 4) is 0 Å². The minimum Gasteiger partial charge on any atom is -1.00 e. The van der Waals surface area contributed by atoms with E-state index in [1.54, 1.807) is 0 Å². The molecule has 1 heterocycles. The molecule has 0 aromatic rings.